The molecular weight excluding hydrogens is 440 g/mol. The van der Waals surface area contributed by atoms with Gasteiger partial charge < -0.3 is 20.1 Å². The molecule has 1 aliphatic heterocycles. The molecule has 0 saturated heterocycles. The van der Waals surface area contributed by atoms with Gasteiger partial charge in [-0.3, -0.25) is 4.98 Å². The van der Waals surface area contributed by atoms with Crippen molar-refractivity contribution in [2.75, 3.05) is 5.32 Å². The molecule has 1 unspecified atom stereocenters. The van der Waals surface area contributed by atoms with Gasteiger partial charge in [-0.1, -0.05) is 12.1 Å². The lowest BCUT2D eigenvalue weighted by molar-refractivity contribution is -0.0518. The Bertz CT molecular complexity index is 1140. The molecule has 1 aromatic heterocycles. The number of pyridine rings is 1. The van der Waals surface area contributed by atoms with E-state index in [0.29, 0.717) is 17.9 Å². The van der Waals surface area contributed by atoms with Crippen LogP contribution in [0.5, 0.6) is 11.5 Å². The van der Waals surface area contributed by atoms with Crippen LogP contribution >= 0.6 is 12.4 Å². The number of hydrogen-bond acceptors (Lipinski definition) is 4. The molecule has 1 atom stereocenters. The third-order valence-electron chi connectivity index (χ3n) is 5.99. The van der Waals surface area contributed by atoms with Gasteiger partial charge >= 0.3 is 12.6 Å². The molecule has 9 heteroatoms. The predicted molar refractivity (Wildman–Crippen MR) is 119 cm³/mol. The number of ether oxygens (including phenoxy) is 2. The van der Waals surface area contributed by atoms with Gasteiger partial charge in [-0.2, -0.15) is 8.78 Å². The molecule has 2 N–H and O–H groups in total. The van der Waals surface area contributed by atoms with Gasteiger partial charge in [0, 0.05) is 41.2 Å². The number of halogens is 3. The smallest absolute Gasteiger partial charge is 0.387 e. The van der Waals surface area contributed by atoms with E-state index < -0.39 is 6.61 Å². The first kappa shape index (κ1) is 22.1. The number of anilines is 1. The largest absolute Gasteiger partial charge is 0.487 e. The zero-order chi connectivity index (χ0) is 21.4. The Morgan fingerprint density at radius 1 is 1.22 bits per heavy atom. The Kier molecular flexibility index (Phi) is 6.06. The first-order valence-electron chi connectivity index (χ1n) is 10.2. The molecule has 5 rings (SSSR count). The summed E-state index contributed by atoms with van der Waals surface area (Å²) >= 11 is 0. The molecule has 32 heavy (non-hydrogen) atoms. The van der Waals surface area contributed by atoms with Crippen LogP contribution in [-0.2, 0) is 0 Å². The van der Waals surface area contributed by atoms with E-state index in [1.54, 1.807) is 18.5 Å². The first-order chi connectivity index (χ1) is 15.0. The number of amides is 2. The van der Waals surface area contributed by atoms with Gasteiger partial charge in [0.2, 0.25) is 0 Å². The molecular formula is C23H22ClF2N3O3. The van der Waals surface area contributed by atoms with E-state index in [2.05, 4.69) is 20.4 Å². The topological polar surface area (TPSA) is 72.5 Å². The molecule has 6 nitrogen and oxygen atoms in total. The molecule has 2 amide bonds. The number of nitrogens with one attached hydrogen (secondary N) is 2. The summed E-state index contributed by atoms with van der Waals surface area (Å²) in [5, 5.41) is 7.78. The average molecular weight is 462 g/mol. The fourth-order valence-electron chi connectivity index (χ4n) is 4.38. The second-order valence-corrected chi connectivity index (χ2v) is 7.97. The van der Waals surface area contributed by atoms with Gasteiger partial charge in [-0.25, -0.2) is 4.79 Å². The first-order valence-corrected chi connectivity index (χ1v) is 10.2. The van der Waals surface area contributed by atoms with Crippen LogP contribution in [-0.4, -0.2) is 23.2 Å². The molecule has 1 saturated carbocycles. The van der Waals surface area contributed by atoms with Gasteiger partial charge in [-0.05, 0) is 43.5 Å². The zero-order valence-electron chi connectivity index (χ0n) is 17.0. The van der Waals surface area contributed by atoms with Gasteiger partial charge in [0.05, 0.1) is 11.7 Å². The maximum Gasteiger partial charge on any atom is 0.387 e. The Morgan fingerprint density at radius 3 is 2.81 bits per heavy atom. The SMILES string of the molecule is Cl.O=C(Nc1cccc2cnccc12)NC1CC2(CCC2)Oc2cc(OC(F)F)ccc21. The quantitative estimate of drug-likeness (QED) is 0.513. The maximum atomic E-state index is 12.9. The number of carbonyl (C=O) groups is 1. The molecule has 2 aliphatic rings. The summed E-state index contributed by atoms with van der Waals surface area (Å²) in [4.78, 5) is 17.0. The number of alkyl halides is 2. The van der Waals surface area contributed by atoms with E-state index in [4.69, 9.17) is 4.74 Å². The highest BCUT2D eigenvalue weighted by atomic mass is 35.5. The van der Waals surface area contributed by atoms with Crippen LogP contribution < -0.4 is 20.1 Å². The summed E-state index contributed by atoms with van der Waals surface area (Å²) < 4.78 is 35.9. The van der Waals surface area contributed by atoms with Crippen molar-refractivity contribution in [3.05, 3.63) is 60.4 Å². The zero-order valence-corrected chi connectivity index (χ0v) is 17.8. The van der Waals surface area contributed by atoms with Crippen molar-refractivity contribution < 1.29 is 23.0 Å². The molecule has 168 valence electrons. The maximum absolute atomic E-state index is 12.9. The van der Waals surface area contributed by atoms with Crippen LogP contribution in [0.15, 0.2) is 54.9 Å². The van der Waals surface area contributed by atoms with E-state index in [-0.39, 0.29) is 35.8 Å². The molecule has 0 radical (unpaired) electrons. The second-order valence-electron chi connectivity index (χ2n) is 7.97. The minimum atomic E-state index is -2.91. The summed E-state index contributed by atoms with van der Waals surface area (Å²) in [6, 6.07) is 11.4. The van der Waals surface area contributed by atoms with Crippen LogP contribution in [0.2, 0.25) is 0 Å². The van der Waals surface area contributed by atoms with Crippen molar-refractivity contribution in [1.82, 2.24) is 10.3 Å². The Balaban J connectivity index is 0.00000245. The van der Waals surface area contributed by atoms with Crippen molar-refractivity contribution in [2.24, 2.45) is 0 Å². The average Bonchev–Trinajstić information content (AvgIpc) is 2.72. The van der Waals surface area contributed by atoms with Crippen molar-refractivity contribution in [3.8, 4) is 11.5 Å². The third kappa shape index (κ3) is 4.27. The van der Waals surface area contributed by atoms with Crippen molar-refractivity contribution >= 4 is 34.9 Å². The summed E-state index contributed by atoms with van der Waals surface area (Å²) in [5.41, 5.74) is 1.06. The number of fused-ring (bicyclic) bond motifs is 2. The van der Waals surface area contributed by atoms with E-state index >= 15 is 0 Å². The highest BCUT2D eigenvalue weighted by molar-refractivity contribution is 6.01. The van der Waals surface area contributed by atoms with Crippen LogP contribution in [0.1, 0.15) is 37.3 Å². The number of hydrogen-bond donors (Lipinski definition) is 2. The molecule has 1 aliphatic carbocycles. The van der Waals surface area contributed by atoms with Gasteiger partial charge in [0.15, 0.2) is 0 Å². The molecule has 1 spiro atoms. The van der Waals surface area contributed by atoms with Crippen molar-refractivity contribution in [1.29, 1.82) is 0 Å². The third-order valence-corrected chi connectivity index (χ3v) is 5.99. The lowest BCUT2D eigenvalue weighted by atomic mass is 9.73. The molecule has 0 bridgehead atoms. The van der Waals surface area contributed by atoms with E-state index in [0.717, 1.165) is 35.6 Å². The van der Waals surface area contributed by atoms with Crippen molar-refractivity contribution in [3.63, 3.8) is 0 Å². The Morgan fingerprint density at radius 2 is 2.06 bits per heavy atom. The van der Waals surface area contributed by atoms with E-state index in [1.807, 2.05) is 24.3 Å². The number of carbonyl (C=O) groups excluding carboxylic acids is 1. The second kappa shape index (κ2) is 8.78. The monoisotopic (exact) mass is 461 g/mol. The minimum absolute atomic E-state index is 0. The highest BCUT2D eigenvalue weighted by Crippen LogP contribution is 2.49. The Hall–Kier alpha value is -3.13. The standard InChI is InChI=1S/C23H21F2N3O3.ClH/c24-21(25)30-15-5-6-17-19(12-23(8-2-9-23)31-20(17)11-15)28-22(29)27-18-4-1-3-14-13-26-10-7-16(14)18;/h1,3-7,10-11,13,19,21H,2,8-9,12H2,(H2,27,28,29);1H. The Labute approximate surface area is 189 Å². The predicted octanol–water partition coefficient (Wildman–Crippen LogP) is 5.83. The molecule has 2 heterocycles. The number of nitrogens with zero attached hydrogens (tertiary/aromatic N) is 1. The molecule has 3 aromatic rings. The minimum Gasteiger partial charge on any atom is -0.487 e. The number of aromatic nitrogens is 1. The van der Waals surface area contributed by atoms with Gasteiger partial charge in [0.25, 0.3) is 0 Å². The fraction of sp³-hybridized carbons (Fsp3) is 0.304. The highest BCUT2D eigenvalue weighted by Gasteiger charge is 2.46. The van der Waals surface area contributed by atoms with Gasteiger partial charge in [0.1, 0.15) is 17.1 Å². The van der Waals surface area contributed by atoms with Crippen LogP contribution in [0, 0.1) is 0 Å². The summed E-state index contributed by atoms with van der Waals surface area (Å²) in [7, 11) is 0. The number of rotatable bonds is 4. The lowest BCUT2D eigenvalue weighted by Crippen LogP contribution is -2.50. The lowest BCUT2D eigenvalue weighted by Gasteiger charge is -2.48. The van der Waals surface area contributed by atoms with E-state index in [1.165, 1.54) is 12.1 Å². The summed E-state index contributed by atoms with van der Waals surface area (Å²) in [5.74, 6) is 0.517. The number of urea groups is 1. The van der Waals surface area contributed by atoms with Crippen LogP contribution in [0.3, 0.4) is 0 Å². The van der Waals surface area contributed by atoms with Gasteiger partial charge in [-0.15, -0.1) is 12.4 Å². The van der Waals surface area contributed by atoms with Crippen molar-refractivity contribution in [2.45, 2.75) is 43.9 Å². The summed E-state index contributed by atoms with van der Waals surface area (Å²) in [6.45, 7) is -2.91. The summed E-state index contributed by atoms with van der Waals surface area (Å²) in [6.07, 6.45) is 6.81. The van der Waals surface area contributed by atoms with Crippen LogP contribution in [0.4, 0.5) is 19.3 Å². The normalized spacial score (nSPS) is 18.2. The fourth-order valence-corrected chi connectivity index (χ4v) is 4.38. The molecule has 1 fully saturated rings. The van der Waals surface area contributed by atoms with Crippen LogP contribution in [0.25, 0.3) is 10.8 Å². The number of benzene rings is 2. The van der Waals surface area contributed by atoms with E-state index in [9.17, 15) is 13.6 Å². The molecule has 2 aromatic carbocycles.